The van der Waals surface area contributed by atoms with Gasteiger partial charge in [-0.05, 0) is 18.8 Å². The Bertz CT molecular complexity index is 294. The number of amides is 2. The third kappa shape index (κ3) is 5.94. The van der Waals surface area contributed by atoms with Gasteiger partial charge in [0.1, 0.15) is 6.04 Å². The predicted octanol–water partition coefficient (Wildman–Crippen LogP) is 2.56. The molecule has 0 aliphatic heterocycles. The van der Waals surface area contributed by atoms with Crippen LogP contribution in [0.3, 0.4) is 0 Å². The second-order valence-electron chi connectivity index (χ2n) is 5.20. The first-order valence-corrected chi connectivity index (χ1v) is 7.15. The highest BCUT2D eigenvalue weighted by Gasteiger charge is 2.27. The number of nitrogens with zero attached hydrogens (tertiary/aromatic N) is 1. The molecule has 0 aliphatic carbocycles. The molecule has 0 aromatic heterocycles. The summed E-state index contributed by atoms with van der Waals surface area (Å²) in [7, 11) is 0. The van der Waals surface area contributed by atoms with Crippen molar-refractivity contribution < 1.29 is 14.7 Å². The van der Waals surface area contributed by atoms with E-state index in [0.717, 1.165) is 6.42 Å². The Labute approximate surface area is 116 Å². The molecular formula is C14H28N2O3. The zero-order valence-electron chi connectivity index (χ0n) is 12.8. The largest absolute Gasteiger partial charge is 0.480 e. The van der Waals surface area contributed by atoms with Crippen molar-refractivity contribution in [2.75, 3.05) is 13.1 Å². The number of urea groups is 1. The second-order valence-corrected chi connectivity index (χ2v) is 5.20. The van der Waals surface area contributed by atoms with Crippen molar-refractivity contribution >= 4 is 12.0 Å². The van der Waals surface area contributed by atoms with Crippen molar-refractivity contribution in [1.82, 2.24) is 10.2 Å². The molecule has 0 rings (SSSR count). The van der Waals surface area contributed by atoms with Gasteiger partial charge in [0, 0.05) is 13.1 Å². The van der Waals surface area contributed by atoms with Crippen LogP contribution in [0.4, 0.5) is 4.79 Å². The third-order valence-electron chi connectivity index (χ3n) is 3.66. The van der Waals surface area contributed by atoms with Gasteiger partial charge in [-0.1, -0.05) is 40.5 Å². The van der Waals surface area contributed by atoms with E-state index in [0.29, 0.717) is 25.4 Å². The Morgan fingerprint density at radius 3 is 2.11 bits per heavy atom. The minimum atomic E-state index is -0.970. The van der Waals surface area contributed by atoms with Gasteiger partial charge in [0.2, 0.25) is 0 Å². The summed E-state index contributed by atoms with van der Waals surface area (Å²) in [6.07, 6.45) is 1.71. The maximum atomic E-state index is 12.1. The van der Waals surface area contributed by atoms with E-state index in [4.69, 9.17) is 0 Å². The monoisotopic (exact) mass is 272 g/mol. The molecule has 0 aliphatic rings. The molecule has 19 heavy (non-hydrogen) atoms. The van der Waals surface area contributed by atoms with Crippen molar-refractivity contribution in [3.8, 4) is 0 Å². The van der Waals surface area contributed by atoms with Crippen LogP contribution in [0, 0.1) is 11.8 Å². The van der Waals surface area contributed by atoms with Crippen LogP contribution in [-0.2, 0) is 4.79 Å². The SMILES string of the molecule is CCC(C)CN(CC)C(=O)N[C@H](C(=O)O)C(C)CC. The molecule has 0 radical (unpaired) electrons. The number of hydrogen-bond acceptors (Lipinski definition) is 2. The Morgan fingerprint density at radius 2 is 1.74 bits per heavy atom. The Kier molecular flexibility index (Phi) is 8.19. The molecule has 112 valence electrons. The molecule has 2 N–H and O–H groups in total. The lowest BCUT2D eigenvalue weighted by molar-refractivity contribution is -0.140. The summed E-state index contributed by atoms with van der Waals surface area (Å²) in [6, 6.07) is -1.10. The van der Waals surface area contributed by atoms with E-state index >= 15 is 0 Å². The van der Waals surface area contributed by atoms with Crippen LogP contribution < -0.4 is 5.32 Å². The first-order chi connectivity index (χ1) is 8.87. The highest BCUT2D eigenvalue weighted by molar-refractivity contribution is 5.82. The molecule has 0 aromatic rings. The van der Waals surface area contributed by atoms with Crippen LogP contribution in [0.15, 0.2) is 0 Å². The Hall–Kier alpha value is -1.26. The van der Waals surface area contributed by atoms with Crippen molar-refractivity contribution in [2.24, 2.45) is 11.8 Å². The summed E-state index contributed by atoms with van der Waals surface area (Å²) in [4.78, 5) is 25.0. The molecule has 2 amide bonds. The molecule has 5 nitrogen and oxygen atoms in total. The molecule has 2 unspecified atom stereocenters. The molecule has 5 heteroatoms. The van der Waals surface area contributed by atoms with E-state index in [2.05, 4.69) is 19.2 Å². The van der Waals surface area contributed by atoms with Crippen LogP contribution in [0.25, 0.3) is 0 Å². The van der Waals surface area contributed by atoms with E-state index in [1.54, 1.807) is 4.90 Å². The molecule has 0 fully saturated rings. The number of aliphatic carboxylic acids is 1. The van der Waals surface area contributed by atoms with Gasteiger partial charge in [-0.2, -0.15) is 0 Å². The van der Waals surface area contributed by atoms with Gasteiger partial charge in [-0.25, -0.2) is 9.59 Å². The fraction of sp³-hybridized carbons (Fsp3) is 0.857. The van der Waals surface area contributed by atoms with Gasteiger partial charge in [0.05, 0.1) is 0 Å². The standard InChI is InChI=1S/C14H28N2O3/c1-6-10(4)9-16(8-3)14(19)15-12(13(17)18)11(5)7-2/h10-12H,6-9H2,1-5H3,(H,15,19)(H,17,18)/t10?,11?,12-/m0/s1. The number of carboxylic acid groups (broad SMARTS) is 1. The normalized spacial score (nSPS) is 15.4. The lowest BCUT2D eigenvalue weighted by Gasteiger charge is -2.28. The molecule has 0 saturated heterocycles. The highest BCUT2D eigenvalue weighted by atomic mass is 16.4. The highest BCUT2D eigenvalue weighted by Crippen LogP contribution is 2.10. The van der Waals surface area contributed by atoms with E-state index in [-0.39, 0.29) is 11.9 Å². The van der Waals surface area contributed by atoms with Crippen molar-refractivity contribution in [3.63, 3.8) is 0 Å². The number of carbonyl (C=O) groups excluding carboxylic acids is 1. The van der Waals surface area contributed by atoms with Crippen molar-refractivity contribution in [3.05, 3.63) is 0 Å². The van der Waals surface area contributed by atoms with Gasteiger partial charge in [-0.3, -0.25) is 0 Å². The zero-order chi connectivity index (χ0) is 15.0. The van der Waals surface area contributed by atoms with Crippen LogP contribution in [0.2, 0.25) is 0 Å². The average molecular weight is 272 g/mol. The fourth-order valence-corrected chi connectivity index (χ4v) is 1.77. The van der Waals surface area contributed by atoms with E-state index in [9.17, 15) is 14.7 Å². The molecule has 0 saturated carbocycles. The lowest BCUT2D eigenvalue weighted by Crippen LogP contribution is -2.51. The van der Waals surface area contributed by atoms with Gasteiger partial charge in [0.15, 0.2) is 0 Å². The van der Waals surface area contributed by atoms with Crippen molar-refractivity contribution in [2.45, 2.75) is 53.5 Å². The smallest absolute Gasteiger partial charge is 0.326 e. The summed E-state index contributed by atoms with van der Waals surface area (Å²) in [5.41, 5.74) is 0. The van der Waals surface area contributed by atoms with Gasteiger partial charge >= 0.3 is 12.0 Å². The number of carboxylic acids is 1. The van der Waals surface area contributed by atoms with Gasteiger partial charge in [-0.15, -0.1) is 0 Å². The first-order valence-electron chi connectivity index (χ1n) is 7.15. The quantitative estimate of drug-likeness (QED) is 0.713. The number of rotatable bonds is 8. The van der Waals surface area contributed by atoms with E-state index in [1.165, 1.54) is 0 Å². The van der Waals surface area contributed by atoms with Crippen LogP contribution in [0.1, 0.15) is 47.5 Å². The first kappa shape index (κ1) is 17.7. The summed E-state index contributed by atoms with van der Waals surface area (Å²) in [6.45, 7) is 11.1. The van der Waals surface area contributed by atoms with Crippen LogP contribution in [-0.4, -0.2) is 41.1 Å². The van der Waals surface area contributed by atoms with Gasteiger partial charge < -0.3 is 15.3 Å². The lowest BCUT2D eigenvalue weighted by atomic mass is 9.99. The van der Waals surface area contributed by atoms with Crippen molar-refractivity contribution in [1.29, 1.82) is 0 Å². The number of carbonyl (C=O) groups is 2. The third-order valence-corrected chi connectivity index (χ3v) is 3.66. The molecule has 3 atom stereocenters. The number of hydrogen-bond donors (Lipinski definition) is 2. The van der Waals surface area contributed by atoms with E-state index < -0.39 is 12.0 Å². The van der Waals surface area contributed by atoms with Crippen LogP contribution >= 0.6 is 0 Å². The molecule has 0 bridgehead atoms. The molecule has 0 heterocycles. The summed E-state index contributed by atoms with van der Waals surface area (Å²) >= 11 is 0. The predicted molar refractivity (Wildman–Crippen MR) is 76.1 cm³/mol. The molecular weight excluding hydrogens is 244 g/mol. The van der Waals surface area contributed by atoms with E-state index in [1.807, 2.05) is 20.8 Å². The minimum Gasteiger partial charge on any atom is -0.480 e. The number of nitrogens with one attached hydrogen (secondary N) is 1. The summed E-state index contributed by atoms with van der Waals surface area (Å²) in [5, 5.41) is 11.8. The minimum absolute atomic E-state index is 0.0799. The summed E-state index contributed by atoms with van der Waals surface area (Å²) in [5.74, 6) is -0.636. The second kappa shape index (κ2) is 8.77. The molecule has 0 aromatic carbocycles. The molecule has 0 spiro atoms. The maximum absolute atomic E-state index is 12.1. The fourth-order valence-electron chi connectivity index (χ4n) is 1.77. The average Bonchev–Trinajstić information content (AvgIpc) is 2.40. The summed E-state index contributed by atoms with van der Waals surface area (Å²) < 4.78 is 0. The topological polar surface area (TPSA) is 69.6 Å². The van der Waals surface area contributed by atoms with Crippen LogP contribution in [0.5, 0.6) is 0 Å². The zero-order valence-corrected chi connectivity index (χ0v) is 12.8. The Morgan fingerprint density at radius 1 is 1.16 bits per heavy atom. The van der Waals surface area contributed by atoms with Gasteiger partial charge in [0.25, 0.3) is 0 Å². The maximum Gasteiger partial charge on any atom is 0.326 e. The Balaban J connectivity index is 4.64.